The van der Waals surface area contributed by atoms with Crippen molar-refractivity contribution in [3.8, 4) is 45.7 Å². The van der Waals surface area contributed by atoms with Crippen molar-refractivity contribution >= 4 is 17.7 Å². The summed E-state index contributed by atoms with van der Waals surface area (Å²) in [5, 5.41) is 10.5. The molecule has 0 aliphatic heterocycles. The van der Waals surface area contributed by atoms with Crippen LogP contribution in [0, 0.1) is 11.3 Å². The number of benzene rings is 3. The van der Waals surface area contributed by atoms with E-state index in [1.165, 1.54) is 11.8 Å². The molecule has 0 atom stereocenters. The Kier molecular flexibility index (Phi) is 7.66. The first-order chi connectivity index (χ1) is 17.1. The number of ether oxygens (including phenoxy) is 3. The molecule has 0 aliphatic rings. The van der Waals surface area contributed by atoms with Crippen molar-refractivity contribution in [1.29, 1.82) is 5.26 Å². The lowest BCUT2D eigenvalue weighted by molar-refractivity contribution is -0.131. The van der Waals surface area contributed by atoms with Gasteiger partial charge in [-0.3, -0.25) is 4.79 Å². The largest absolute Gasteiger partial charge is 0.497 e. The molecule has 0 saturated carbocycles. The van der Waals surface area contributed by atoms with Crippen LogP contribution in [-0.2, 0) is 4.79 Å². The van der Waals surface area contributed by atoms with Gasteiger partial charge in [0.25, 0.3) is 0 Å². The predicted octanol–water partition coefficient (Wildman–Crippen LogP) is 6.00. The predicted molar refractivity (Wildman–Crippen MR) is 136 cm³/mol. The minimum atomic E-state index is -0.454. The van der Waals surface area contributed by atoms with Crippen LogP contribution in [-0.4, -0.2) is 30.9 Å². The number of rotatable bonds is 8. The number of methoxy groups -OCH3 is 2. The Labute approximate surface area is 208 Å². The van der Waals surface area contributed by atoms with E-state index >= 15 is 0 Å². The van der Waals surface area contributed by atoms with E-state index in [1.54, 1.807) is 38.5 Å². The lowest BCUT2D eigenvalue weighted by atomic mass is 9.99. The Balaban J connectivity index is 1.66. The Hall–Kier alpha value is -4.28. The molecular formula is C28H22N2O4S. The number of aromatic nitrogens is 1. The van der Waals surface area contributed by atoms with Gasteiger partial charge >= 0.3 is 5.97 Å². The van der Waals surface area contributed by atoms with Crippen LogP contribution >= 0.6 is 11.8 Å². The van der Waals surface area contributed by atoms with Crippen LogP contribution < -0.4 is 14.2 Å². The highest BCUT2D eigenvalue weighted by atomic mass is 32.2. The quantitative estimate of drug-likeness (QED) is 0.173. The molecule has 0 radical (unpaired) electrons. The van der Waals surface area contributed by atoms with Gasteiger partial charge in [0.1, 0.15) is 28.3 Å². The summed E-state index contributed by atoms with van der Waals surface area (Å²) in [4.78, 5) is 17.3. The van der Waals surface area contributed by atoms with Crippen LogP contribution in [0.1, 0.15) is 5.56 Å². The minimum absolute atomic E-state index is 0.0147. The van der Waals surface area contributed by atoms with Crippen molar-refractivity contribution in [2.45, 2.75) is 5.03 Å². The average molecular weight is 483 g/mol. The summed E-state index contributed by atoms with van der Waals surface area (Å²) in [6.07, 6.45) is 0. The monoisotopic (exact) mass is 482 g/mol. The van der Waals surface area contributed by atoms with Gasteiger partial charge in [0.2, 0.25) is 0 Å². The van der Waals surface area contributed by atoms with Crippen molar-refractivity contribution in [2.75, 3.05) is 20.0 Å². The number of nitriles is 1. The van der Waals surface area contributed by atoms with Gasteiger partial charge in [0, 0.05) is 17.2 Å². The second-order valence-electron chi connectivity index (χ2n) is 7.38. The molecule has 4 aromatic rings. The molecule has 174 valence electrons. The maximum Gasteiger partial charge on any atom is 0.321 e. The molecule has 0 bridgehead atoms. The lowest BCUT2D eigenvalue weighted by Gasteiger charge is -2.13. The third kappa shape index (κ3) is 5.81. The minimum Gasteiger partial charge on any atom is -0.497 e. The summed E-state index contributed by atoms with van der Waals surface area (Å²) in [5.41, 5.74) is 3.59. The van der Waals surface area contributed by atoms with Gasteiger partial charge < -0.3 is 14.2 Å². The second kappa shape index (κ2) is 11.2. The number of nitrogens with zero attached hydrogens (tertiary/aromatic N) is 2. The highest BCUT2D eigenvalue weighted by Gasteiger charge is 2.18. The zero-order chi connectivity index (χ0) is 24.6. The van der Waals surface area contributed by atoms with Crippen molar-refractivity contribution in [1.82, 2.24) is 4.98 Å². The number of carbonyl (C=O) groups excluding carboxylic acids is 1. The van der Waals surface area contributed by atoms with Gasteiger partial charge in [-0.2, -0.15) is 5.26 Å². The van der Waals surface area contributed by atoms with Crippen LogP contribution in [0.5, 0.6) is 17.2 Å². The topological polar surface area (TPSA) is 81.4 Å². The smallest absolute Gasteiger partial charge is 0.321 e. The third-order valence-electron chi connectivity index (χ3n) is 5.17. The van der Waals surface area contributed by atoms with Gasteiger partial charge in [-0.05, 0) is 35.9 Å². The molecule has 1 heterocycles. The second-order valence-corrected chi connectivity index (χ2v) is 8.35. The molecule has 0 aliphatic carbocycles. The zero-order valence-electron chi connectivity index (χ0n) is 19.2. The van der Waals surface area contributed by atoms with Crippen LogP contribution in [0.4, 0.5) is 0 Å². The van der Waals surface area contributed by atoms with Gasteiger partial charge in [0.15, 0.2) is 0 Å². The highest BCUT2D eigenvalue weighted by molar-refractivity contribution is 7.99. The summed E-state index contributed by atoms with van der Waals surface area (Å²) in [6, 6.07) is 28.2. The van der Waals surface area contributed by atoms with Gasteiger partial charge in [-0.1, -0.05) is 60.3 Å². The Morgan fingerprint density at radius 2 is 1.57 bits per heavy atom. The molecule has 0 fully saturated rings. The summed E-state index contributed by atoms with van der Waals surface area (Å²) in [7, 11) is 3.15. The lowest BCUT2D eigenvalue weighted by Crippen LogP contribution is -2.11. The molecule has 0 amide bonds. The molecule has 1 aromatic heterocycles. The fraction of sp³-hybridized carbons (Fsp3) is 0.107. The van der Waals surface area contributed by atoms with E-state index in [4.69, 9.17) is 19.2 Å². The number of thioether (sulfide) groups is 1. The zero-order valence-corrected chi connectivity index (χ0v) is 20.0. The SMILES string of the molecule is COc1ccc(-c2cc(-c3ccccc3)nc(SCC(=O)Oc3cccc(OC)c3)c2C#N)cc1. The maximum absolute atomic E-state index is 12.6. The van der Waals surface area contributed by atoms with E-state index < -0.39 is 5.97 Å². The molecule has 0 saturated heterocycles. The molecule has 0 unspecified atom stereocenters. The third-order valence-corrected chi connectivity index (χ3v) is 6.12. The van der Waals surface area contributed by atoms with E-state index in [-0.39, 0.29) is 5.75 Å². The number of hydrogen-bond donors (Lipinski definition) is 0. The number of hydrogen-bond acceptors (Lipinski definition) is 7. The first-order valence-electron chi connectivity index (χ1n) is 10.7. The number of pyridine rings is 1. The summed E-state index contributed by atoms with van der Waals surface area (Å²) < 4.78 is 15.9. The Morgan fingerprint density at radius 1 is 0.857 bits per heavy atom. The van der Waals surface area contributed by atoms with Gasteiger partial charge in [-0.15, -0.1) is 0 Å². The summed E-state index contributed by atoms with van der Waals surface area (Å²) in [6.45, 7) is 0. The average Bonchev–Trinajstić information content (AvgIpc) is 2.92. The van der Waals surface area contributed by atoms with Gasteiger partial charge in [-0.25, -0.2) is 4.98 Å². The molecule has 0 spiro atoms. The summed E-state index contributed by atoms with van der Waals surface area (Å²) in [5.74, 6) is 1.24. The molecule has 7 heteroatoms. The van der Waals surface area contributed by atoms with E-state index in [1.807, 2.05) is 60.7 Å². The molecule has 3 aromatic carbocycles. The van der Waals surface area contributed by atoms with Crippen molar-refractivity contribution < 1.29 is 19.0 Å². The van der Waals surface area contributed by atoms with Gasteiger partial charge in [0.05, 0.1) is 31.2 Å². The van der Waals surface area contributed by atoms with E-state index in [9.17, 15) is 10.1 Å². The summed E-state index contributed by atoms with van der Waals surface area (Å²) >= 11 is 1.17. The van der Waals surface area contributed by atoms with E-state index in [0.29, 0.717) is 27.8 Å². The van der Waals surface area contributed by atoms with E-state index in [2.05, 4.69) is 6.07 Å². The van der Waals surface area contributed by atoms with Crippen LogP contribution in [0.3, 0.4) is 0 Å². The first-order valence-corrected chi connectivity index (χ1v) is 11.7. The fourth-order valence-corrected chi connectivity index (χ4v) is 4.22. The maximum atomic E-state index is 12.6. The fourth-order valence-electron chi connectivity index (χ4n) is 3.44. The van der Waals surface area contributed by atoms with Crippen LogP contribution in [0.2, 0.25) is 0 Å². The Bertz CT molecular complexity index is 1370. The first kappa shape index (κ1) is 23.9. The van der Waals surface area contributed by atoms with Crippen LogP contribution in [0.15, 0.2) is 90.0 Å². The standard InChI is InChI=1S/C28H22N2O4S/c1-32-21-13-11-19(12-14-21)24-16-26(20-7-4-3-5-8-20)30-28(25(24)17-29)35-18-27(31)34-23-10-6-9-22(15-23)33-2/h3-16H,18H2,1-2H3. The van der Waals surface area contributed by atoms with Crippen molar-refractivity contribution in [3.05, 3.63) is 90.5 Å². The molecule has 35 heavy (non-hydrogen) atoms. The highest BCUT2D eigenvalue weighted by Crippen LogP contribution is 2.35. The normalized spacial score (nSPS) is 10.3. The van der Waals surface area contributed by atoms with Crippen LogP contribution in [0.25, 0.3) is 22.4 Å². The number of esters is 1. The molecule has 6 nitrogen and oxygen atoms in total. The van der Waals surface area contributed by atoms with Crippen molar-refractivity contribution in [3.63, 3.8) is 0 Å². The Morgan fingerprint density at radius 3 is 2.26 bits per heavy atom. The van der Waals surface area contributed by atoms with Crippen molar-refractivity contribution in [2.24, 2.45) is 0 Å². The molecular weight excluding hydrogens is 460 g/mol. The number of carbonyl (C=O) groups is 1. The van der Waals surface area contributed by atoms with E-state index in [0.717, 1.165) is 22.4 Å². The molecule has 0 N–H and O–H groups in total. The molecule has 4 rings (SSSR count).